The Hall–Kier alpha value is -3.32. The van der Waals surface area contributed by atoms with Gasteiger partial charge in [0.25, 0.3) is 0 Å². The minimum atomic E-state index is 0.154. The highest BCUT2D eigenvalue weighted by Gasteiger charge is 2.26. The molecule has 4 nitrogen and oxygen atoms in total. The number of aryl methyl sites for hydroxylation is 3. The normalized spacial score (nSPS) is 14.0. The molecule has 1 saturated heterocycles. The molecule has 0 unspecified atom stereocenters. The number of rotatable bonds is 4. The molecule has 1 amide bonds. The van der Waals surface area contributed by atoms with Gasteiger partial charge in [-0.25, -0.2) is 0 Å². The summed E-state index contributed by atoms with van der Waals surface area (Å²) >= 11 is 0. The van der Waals surface area contributed by atoms with Gasteiger partial charge in [0, 0.05) is 30.3 Å². The highest BCUT2D eigenvalue weighted by atomic mass is 16.2. The Labute approximate surface area is 178 Å². The van der Waals surface area contributed by atoms with Crippen molar-refractivity contribution in [2.75, 3.05) is 18.1 Å². The molecule has 1 heterocycles. The van der Waals surface area contributed by atoms with E-state index in [9.17, 15) is 10.1 Å². The van der Waals surface area contributed by atoms with Crippen molar-refractivity contribution < 1.29 is 4.79 Å². The van der Waals surface area contributed by atoms with E-state index in [0.717, 1.165) is 48.8 Å². The van der Waals surface area contributed by atoms with Crippen molar-refractivity contribution in [3.8, 4) is 6.07 Å². The van der Waals surface area contributed by atoms with Crippen LogP contribution in [0.5, 0.6) is 0 Å². The number of benzene rings is 3. The number of nitrogens with zero attached hydrogens (tertiary/aromatic N) is 3. The molecule has 0 saturated carbocycles. The maximum atomic E-state index is 13.2. The van der Waals surface area contributed by atoms with Gasteiger partial charge < -0.3 is 0 Å². The second-order valence-electron chi connectivity index (χ2n) is 8.06. The Bertz CT molecular complexity index is 1130. The van der Waals surface area contributed by atoms with Crippen molar-refractivity contribution in [2.24, 2.45) is 0 Å². The summed E-state index contributed by atoms with van der Waals surface area (Å²) in [6, 6.07) is 20.5. The Balaban J connectivity index is 1.59. The molecular weight excluding hydrogens is 370 g/mol. The third kappa shape index (κ3) is 3.89. The van der Waals surface area contributed by atoms with Crippen LogP contribution in [-0.2, 0) is 11.2 Å². The Morgan fingerprint density at radius 2 is 1.73 bits per heavy atom. The zero-order valence-electron chi connectivity index (χ0n) is 17.7. The lowest BCUT2D eigenvalue weighted by Crippen LogP contribution is -2.50. The fourth-order valence-electron chi connectivity index (χ4n) is 4.22. The summed E-state index contributed by atoms with van der Waals surface area (Å²) in [6.45, 7) is 5.77. The molecule has 1 aliphatic heterocycles. The fourth-order valence-corrected chi connectivity index (χ4v) is 4.22. The summed E-state index contributed by atoms with van der Waals surface area (Å²) in [6.07, 6.45) is 3.31. The minimum Gasteiger partial charge on any atom is -0.282 e. The van der Waals surface area contributed by atoms with Crippen molar-refractivity contribution >= 4 is 22.4 Å². The number of anilines is 1. The Morgan fingerprint density at radius 1 is 0.967 bits per heavy atom. The summed E-state index contributed by atoms with van der Waals surface area (Å²) in [7, 11) is 0. The van der Waals surface area contributed by atoms with Crippen LogP contribution in [0.25, 0.3) is 10.8 Å². The standard InChI is InChI=1S/C26H27N3O/c1-19-9-10-21(17-20(19)2)11-14-26(30)29-16-6-5-15-28(29)25-13-12-22(18-27)23-7-3-4-8-24(23)25/h3-4,7-10,12-13,17H,5-6,11,14-16H2,1-2H3. The maximum Gasteiger partial charge on any atom is 0.241 e. The summed E-state index contributed by atoms with van der Waals surface area (Å²) in [4.78, 5) is 13.2. The number of carbonyl (C=O) groups is 1. The van der Waals surface area contributed by atoms with Gasteiger partial charge >= 0.3 is 0 Å². The van der Waals surface area contributed by atoms with E-state index >= 15 is 0 Å². The lowest BCUT2D eigenvalue weighted by Gasteiger charge is -2.41. The number of nitriles is 1. The minimum absolute atomic E-state index is 0.154. The van der Waals surface area contributed by atoms with Gasteiger partial charge in [-0.05, 0) is 61.9 Å². The van der Waals surface area contributed by atoms with Crippen molar-refractivity contribution in [1.82, 2.24) is 5.01 Å². The predicted octanol–water partition coefficient (Wildman–Crippen LogP) is 5.30. The second-order valence-corrected chi connectivity index (χ2v) is 8.06. The van der Waals surface area contributed by atoms with Crippen molar-refractivity contribution in [3.05, 3.63) is 76.9 Å². The van der Waals surface area contributed by atoms with Gasteiger partial charge in [-0.1, -0.05) is 42.5 Å². The first-order chi connectivity index (χ1) is 14.6. The average molecular weight is 398 g/mol. The molecule has 1 aliphatic rings. The first-order valence-electron chi connectivity index (χ1n) is 10.6. The average Bonchev–Trinajstić information content (AvgIpc) is 2.79. The molecule has 4 rings (SSSR count). The second kappa shape index (κ2) is 8.59. The molecule has 0 spiro atoms. The van der Waals surface area contributed by atoms with Gasteiger partial charge in [0.05, 0.1) is 17.3 Å². The molecule has 1 fully saturated rings. The van der Waals surface area contributed by atoms with E-state index in [1.165, 1.54) is 16.7 Å². The molecule has 3 aromatic carbocycles. The summed E-state index contributed by atoms with van der Waals surface area (Å²) < 4.78 is 0. The quantitative estimate of drug-likeness (QED) is 0.600. The zero-order valence-corrected chi connectivity index (χ0v) is 17.7. The van der Waals surface area contributed by atoms with E-state index in [2.05, 4.69) is 43.1 Å². The van der Waals surface area contributed by atoms with Crippen LogP contribution in [0.2, 0.25) is 0 Å². The van der Waals surface area contributed by atoms with Gasteiger partial charge in [0.15, 0.2) is 0 Å². The summed E-state index contributed by atoms with van der Waals surface area (Å²) in [5.41, 5.74) is 5.42. The molecule has 152 valence electrons. The number of fused-ring (bicyclic) bond motifs is 1. The zero-order chi connectivity index (χ0) is 21.1. The van der Waals surface area contributed by atoms with Gasteiger partial charge in [-0.2, -0.15) is 5.26 Å². The van der Waals surface area contributed by atoms with Gasteiger partial charge in [-0.15, -0.1) is 0 Å². The predicted molar refractivity (Wildman–Crippen MR) is 121 cm³/mol. The Kier molecular flexibility index (Phi) is 5.72. The number of hydrazine groups is 1. The van der Waals surface area contributed by atoms with Crippen molar-refractivity contribution in [2.45, 2.75) is 39.5 Å². The van der Waals surface area contributed by atoms with Crippen LogP contribution in [0.4, 0.5) is 5.69 Å². The maximum absolute atomic E-state index is 13.2. The molecule has 0 N–H and O–H groups in total. The number of hydrogen-bond donors (Lipinski definition) is 0. The number of hydrogen-bond acceptors (Lipinski definition) is 3. The SMILES string of the molecule is Cc1ccc(CCC(=O)N2CCCCN2c2ccc(C#N)c3ccccc23)cc1C. The molecule has 0 radical (unpaired) electrons. The largest absolute Gasteiger partial charge is 0.282 e. The van der Waals surface area contributed by atoms with E-state index in [1.54, 1.807) is 0 Å². The molecule has 4 heteroatoms. The highest BCUT2D eigenvalue weighted by molar-refractivity contribution is 5.98. The smallest absolute Gasteiger partial charge is 0.241 e. The summed E-state index contributed by atoms with van der Waals surface area (Å²) in [5.74, 6) is 0.154. The third-order valence-corrected chi connectivity index (χ3v) is 6.07. The van der Waals surface area contributed by atoms with Crippen LogP contribution in [0.15, 0.2) is 54.6 Å². The van der Waals surface area contributed by atoms with E-state index in [1.807, 2.05) is 41.4 Å². The van der Waals surface area contributed by atoms with Crippen LogP contribution >= 0.6 is 0 Å². The van der Waals surface area contributed by atoms with Crippen LogP contribution in [0, 0.1) is 25.2 Å². The molecule has 30 heavy (non-hydrogen) atoms. The molecule has 0 aliphatic carbocycles. The molecule has 0 atom stereocenters. The first-order valence-corrected chi connectivity index (χ1v) is 10.6. The molecular formula is C26H27N3O. The monoisotopic (exact) mass is 397 g/mol. The Morgan fingerprint density at radius 3 is 2.50 bits per heavy atom. The highest BCUT2D eigenvalue weighted by Crippen LogP contribution is 2.32. The lowest BCUT2D eigenvalue weighted by molar-refractivity contribution is -0.132. The third-order valence-electron chi connectivity index (χ3n) is 6.07. The van der Waals surface area contributed by atoms with E-state index in [4.69, 9.17) is 0 Å². The number of carbonyl (C=O) groups excluding carboxylic acids is 1. The van der Waals surface area contributed by atoms with Gasteiger partial charge in [-0.3, -0.25) is 14.8 Å². The number of amides is 1. The molecule has 0 aromatic heterocycles. The summed E-state index contributed by atoms with van der Waals surface area (Å²) in [5, 5.41) is 15.5. The van der Waals surface area contributed by atoms with Crippen molar-refractivity contribution in [3.63, 3.8) is 0 Å². The van der Waals surface area contributed by atoms with Gasteiger partial charge in [0.1, 0.15) is 0 Å². The fraction of sp³-hybridized carbons (Fsp3) is 0.308. The van der Waals surface area contributed by atoms with Gasteiger partial charge in [0.2, 0.25) is 5.91 Å². The van der Waals surface area contributed by atoms with Crippen LogP contribution < -0.4 is 5.01 Å². The van der Waals surface area contributed by atoms with Crippen LogP contribution in [0.3, 0.4) is 0 Å². The first kappa shape index (κ1) is 20.0. The van der Waals surface area contributed by atoms with Crippen molar-refractivity contribution in [1.29, 1.82) is 5.26 Å². The van der Waals surface area contributed by atoms with E-state index in [-0.39, 0.29) is 5.91 Å². The van der Waals surface area contributed by atoms with Crippen LogP contribution in [0.1, 0.15) is 41.5 Å². The topological polar surface area (TPSA) is 47.3 Å². The molecule has 0 bridgehead atoms. The van der Waals surface area contributed by atoms with E-state index < -0.39 is 0 Å². The van der Waals surface area contributed by atoms with Crippen LogP contribution in [-0.4, -0.2) is 24.0 Å². The molecule has 3 aromatic rings. The lowest BCUT2D eigenvalue weighted by atomic mass is 10.0. The van der Waals surface area contributed by atoms with E-state index in [0.29, 0.717) is 12.0 Å².